The summed E-state index contributed by atoms with van der Waals surface area (Å²) in [5.41, 5.74) is 6.33. The number of hydrogen-bond acceptors (Lipinski definition) is 8. The number of aryl methyl sites for hydroxylation is 1. The zero-order valence-electron chi connectivity index (χ0n) is 30.5. The van der Waals surface area contributed by atoms with E-state index in [1.54, 1.807) is 11.1 Å². The molecule has 3 N–H and O–H groups in total. The van der Waals surface area contributed by atoms with E-state index in [2.05, 4.69) is 38.5 Å². The predicted octanol–water partition coefficient (Wildman–Crippen LogP) is 7.38. The number of aliphatic hydroxyl groups excluding tert-OH is 1. The first kappa shape index (κ1) is 38.1. The topological polar surface area (TPSA) is 131 Å². The van der Waals surface area contributed by atoms with Gasteiger partial charge >= 0.3 is 6.09 Å². The maximum absolute atomic E-state index is 13.3. The number of aromatic nitrogens is 3. The van der Waals surface area contributed by atoms with Crippen LogP contribution in [0.25, 0.3) is 44.5 Å². The largest absolute Gasteiger partial charge is 0.481 e. The van der Waals surface area contributed by atoms with Crippen molar-refractivity contribution >= 4 is 46.1 Å². The van der Waals surface area contributed by atoms with Crippen molar-refractivity contribution in [3.8, 4) is 39.5 Å². The van der Waals surface area contributed by atoms with Gasteiger partial charge in [-0.3, -0.25) is 9.78 Å². The Morgan fingerprint density at radius 2 is 1.85 bits per heavy atom. The fraction of sp³-hybridized carbons (Fsp3) is 0.350. The van der Waals surface area contributed by atoms with Gasteiger partial charge in [-0.15, -0.1) is 0 Å². The number of methoxy groups -OCH3 is 1. The van der Waals surface area contributed by atoms with Gasteiger partial charge in [0.2, 0.25) is 11.8 Å². The normalized spacial score (nSPS) is 14.4. The van der Waals surface area contributed by atoms with Crippen molar-refractivity contribution in [2.75, 3.05) is 26.8 Å². The van der Waals surface area contributed by atoms with Crippen molar-refractivity contribution in [1.29, 1.82) is 0 Å². The molecule has 1 atom stereocenters. The van der Waals surface area contributed by atoms with Crippen LogP contribution in [0.2, 0.25) is 10.0 Å². The van der Waals surface area contributed by atoms with Crippen LogP contribution in [0, 0.1) is 0 Å². The number of rotatable bonds is 12. The molecule has 0 saturated carbocycles. The number of benzene rings is 2. The minimum atomic E-state index is -0.695. The lowest BCUT2D eigenvalue weighted by atomic mass is 9.99. The molecule has 0 aliphatic carbocycles. The molecule has 2 aromatic carbocycles. The van der Waals surface area contributed by atoms with Crippen LogP contribution in [-0.2, 0) is 29.7 Å². The van der Waals surface area contributed by atoms with Gasteiger partial charge in [0.1, 0.15) is 5.60 Å². The van der Waals surface area contributed by atoms with Crippen molar-refractivity contribution in [2.45, 2.75) is 58.3 Å². The van der Waals surface area contributed by atoms with Crippen LogP contribution in [0.5, 0.6) is 5.88 Å². The lowest BCUT2D eigenvalue weighted by molar-refractivity contribution is -0.119. The average molecular weight is 760 g/mol. The van der Waals surface area contributed by atoms with E-state index < -0.39 is 11.7 Å². The summed E-state index contributed by atoms with van der Waals surface area (Å²) in [6, 6.07) is 17.2. The molecule has 6 rings (SSSR count). The van der Waals surface area contributed by atoms with Crippen LogP contribution >= 0.6 is 23.2 Å². The molecule has 1 aliphatic rings. The van der Waals surface area contributed by atoms with Gasteiger partial charge < -0.3 is 34.7 Å². The molecule has 1 aliphatic heterocycles. The zero-order chi connectivity index (χ0) is 37.9. The number of pyridine rings is 2. The standard InChI is InChI=1S/C40H44Cl2N6O5/c1-40(2,3)53-39(51)48(23-27-11-14-34(50)45-27)22-25-10-13-32(46-38(25)52-5)31-8-6-7-29(35(31)41)30-15-16-44-37(36(30)42)24-9-12-28-26(20-43-17-18-49)21-47(4)33(28)19-24/h6-10,12-13,15-16,19,21,27,43,49H,11,14,17-18,20,22-23H2,1-5H3,(H,45,50)/t27-/m0/s1. The fourth-order valence-corrected chi connectivity index (χ4v) is 7.23. The number of nitrogens with zero attached hydrogens (tertiary/aromatic N) is 4. The number of hydrogen-bond donors (Lipinski definition) is 3. The minimum Gasteiger partial charge on any atom is -0.481 e. The van der Waals surface area contributed by atoms with E-state index in [4.69, 9.17) is 42.8 Å². The van der Waals surface area contributed by atoms with E-state index in [-0.39, 0.29) is 31.6 Å². The smallest absolute Gasteiger partial charge is 0.410 e. The summed E-state index contributed by atoms with van der Waals surface area (Å²) in [4.78, 5) is 36.2. The van der Waals surface area contributed by atoms with E-state index >= 15 is 0 Å². The van der Waals surface area contributed by atoms with Crippen LogP contribution < -0.4 is 15.4 Å². The van der Waals surface area contributed by atoms with E-state index in [0.717, 1.165) is 33.2 Å². The summed E-state index contributed by atoms with van der Waals surface area (Å²) in [6.45, 7) is 7.15. The second kappa shape index (κ2) is 16.1. The lowest BCUT2D eigenvalue weighted by Gasteiger charge is -2.29. The third kappa shape index (κ3) is 8.60. The summed E-state index contributed by atoms with van der Waals surface area (Å²) < 4.78 is 13.5. The molecule has 0 bridgehead atoms. The van der Waals surface area contributed by atoms with E-state index in [9.17, 15) is 9.59 Å². The first-order chi connectivity index (χ1) is 25.4. The molecule has 4 heterocycles. The van der Waals surface area contributed by atoms with Gasteiger partial charge in [0.25, 0.3) is 0 Å². The van der Waals surface area contributed by atoms with Gasteiger partial charge in [0.05, 0.1) is 41.7 Å². The number of ether oxygens (including phenoxy) is 2. The van der Waals surface area contributed by atoms with Crippen LogP contribution in [-0.4, -0.2) is 75.0 Å². The van der Waals surface area contributed by atoms with Crippen molar-refractivity contribution in [3.05, 3.63) is 88.2 Å². The first-order valence-corrected chi connectivity index (χ1v) is 18.3. The molecule has 3 aromatic heterocycles. The zero-order valence-corrected chi connectivity index (χ0v) is 32.0. The van der Waals surface area contributed by atoms with Gasteiger partial charge in [-0.25, -0.2) is 9.78 Å². The molecule has 1 fully saturated rings. The van der Waals surface area contributed by atoms with Gasteiger partial charge in [-0.1, -0.05) is 53.5 Å². The Morgan fingerprint density at radius 3 is 2.57 bits per heavy atom. The quantitative estimate of drug-likeness (QED) is 0.112. The Morgan fingerprint density at radius 1 is 1.08 bits per heavy atom. The van der Waals surface area contributed by atoms with E-state index in [1.807, 2.05) is 70.3 Å². The van der Waals surface area contributed by atoms with Crippen molar-refractivity contribution < 1.29 is 24.2 Å². The van der Waals surface area contributed by atoms with Gasteiger partial charge in [0.15, 0.2) is 0 Å². The predicted molar refractivity (Wildman–Crippen MR) is 208 cm³/mol. The molecule has 11 nitrogen and oxygen atoms in total. The molecule has 1 saturated heterocycles. The van der Waals surface area contributed by atoms with E-state index in [0.29, 0.717) is 64.4 Å². The number of halogens is 2. The number of aliphatic hydroxyl groups is 1. The number of fused-ring (bicyclic) bond motifs is 1. The fourth-order valence-electron chi connectivity index (χ4n) is 6.58. The Bertz CT molecular complexity index is 2150. The molecule has 278 valence electrons. The SMILES string of the molecule is COc1nc(-c2cccc(-c3ccnc(-c4ccc5c(CNCCO)cn(C)c5c4)c3Cl)c2Cl)ccc1CN(C[C@@H]1CCC(=O)N1)C(=O)OC(C)(C)C. The Hall–Kier alpha value is -4.68. The lowest BCUT2D eigenvalue weighted by Crippen LogP contribution is -2.43. The molecule has 53 heavy (non-hydrogen) atoms. The van der Waals surface area contributed by atoms with Crippen LogP contribution in [0.3, 0.4) is 0 Å². The van der Waals surface area contributed by atoms with Crippen molar-refractivity contribution in [2.24, 2.45) is 7.05 Å². The highest BCUT2D eigenvalue weighted by atomic mass is 35.5. The molecule has 0 unspecified atom stereocenters. The van der Waals surface area contributed by atoms with Gasteiger partial charge in [-0.2, -0.15) is 0 Å². The monoisotopic (exact) mass is 758 g/mol. The molecular formula is C40H44Cl2N6O5. The molecular weight excluding hydrogens is 715 g/mol. The minimum absolute atomic E-state index is 0.0297. The summed E-state index contributed by atoms with van der Waals surface area (Å²) in [5, 5.41) is 17.4. The Balaban J connectivity index is 1.29. The van der Waals surface area contributed by atoms with Gasteiger partial charge in [0, 0.05) is 90.3 Å². The summed E-state index contributed by atoms with van der Waals surface area (Å²) in [5.74, 6) is 0.304. The van der Waals surface area contributed by atoms with Crippen molar-refractivity contribution in [3.63, 3.8) is 0 Å². The molecule has 5 aromatic rings. The summed E-state index contributed by atoms with van der Waals surface area (Å²) in [6.07, 6.45) is 4.38. The average Bonchev–Trinajstić information content (AvgIpc) is 3.68. The molecule has 2 amide bonds. The Kier molecular flexibility index (Phi) is 11.6. The third-order valence-corrected chi connectivity index (χ3v) is 9.87. The third-order valence-electron chi connectivity index (χ3n) is 9.08. The number of amides is 2. The van der Waals surface area contributed by atoms with Crippen LogP contribution in [0.4, 0.5) is 4.79 Å². The number of nitrogens with one attached hydrogen (secondary N) is 2. The number of carbonyl (C=O) groups is 2. The Labute approximate surface area is 319 Å². The first-order valence-electron chi connectivity index (χ1n) is 17.5. The maximum atomic E-state index is 13.3. The van der Waals surface area contributed by atoms with Crippen LogP contribution in [0.15, 0.2) is 67.0 Å². The van der Waals surface area contributed by atoms with Crippen LogP contribution in [0.1, 0.15) is 44.7 Å². The molecule has 13 heteroatoms. The molecule has 0 spiro atoms. The van der Waals surface area contributed by atoms with Crippen molar-refractivity contribution in [1.82, 2.24) is 30.1 Å². The highest BCUT2D eigenvalue weighted by Gasteiger charge is 2.29. The summed E-state index contributed by atoms with van der Waals surface area (Å²) in [7, 11) is 3.53. The highest BCUT2D eigenvalue weighted by molar-refractivity contribution is 6.39. The van der Waals surface area contributed by atoms with E-state index in [1.165, 1.54) is 7.11 Å². The summed E-state index contributed by atoms with van der Waals surface area (Å²) >= 11 is 14.3. The maximum Gasteiger partial charge on any atom is 0.410 e. The highest BCUT2D eigenvalue weighted by Crippen LogP contribution is 2.42. The second-order valence-corrected chi connectivity index (χ2v) is 14.9. The number of carbonyl (C=O) groups excluding carboxylic acids is 2. The second-order valence-electron chi connectivity index (χ2n) is 14.1. The molecule has 0 radical (unpaired) electrons. The van der Waals surface area contributed by atoms with Gasteiger partial charge in [-0.05, 0) is 57.0 Å².